The highest BCUT2D eigenvalue weighted by Gasteiger charge is 2.36. The molecular formula is C9H16ClFN2O2. The van der Waals surface area contributed by atoms with Crippen molar-refractivity contribution in [2.75, 3.05) is 19.6 Å². The van der Waals surface area contributed by atoms with Gasteiger partial charge in [0.1, 0.15) is 6.17 Å². The maximum absolute atomic E-state index is 13.3. The van der Waals surface area contributed by atoms with Crippen molar-refractivity contribution in [1.82, 2.24) is 10.2 Å². The third-order valence-corrected chi connectivity index (χ3v) is 2.88. The van der Waals surface area contributed by atoms with Crippen LogP contribution in [0.5, 0.6) is 0 Å². The quantitative estimate of drug-likeness (QED) is 0.775. The molecule has 1 saturated carbocycles. The van der Waals surface area contributed by atoms with Gasteiger partial charge in [-0.15, -0.1) is 12.4 Å². The van der Waals surface area contributed by atoms with Gasteiger partial charge in [0, 0.05) is 25.0 Å². The Hall–Kier alpha value is -0.550. The lowest BCUT2D eigenvalue weighted by atomic mass is 10.1. The van der Waals surface area contributed by atoms with E-state index in [-0.39, 0.29) is 24.9 Å². The molecule has 88 valence electrons. The molecule has 2 aliphatic rings. The van der Waals surface area contributed by atoms with Crippen LogP contribution in [0.2, 0.25) is 0 Å². The molecule has 2 fully saturated rings. The fraction of sp³-hybridized carbons (Fsp3) is 0.889. The molecule has 1 amide bonds. The summed E-state index contributed by atoms with van der Waals surface area (Å²) in [5.41, 5.74) is 0. The highest BCUT2D eigenvalue weighted by atomic mass is 35.5. The zero-order valence-electron chi connectivity index (χ0n) is 8.36. The minimum Gasteiger partial charge on any atom is -0.465 e. The van der Waals surface area contributed by atoms with Gasteiger partial charge >= 0.3 is 6.09 Å². The molecule has 1 aliphatic carbocycles. The van der Waals surface area contributed by atoms with E-state index >= 15 is 0 Å². The normalized spacial score (nSPS) is 30.1. The first-order chi connectivity index (χ1) is 6.66. The Labute approximate surface area is 94.2 Å². The Balaban J connectivity index is 0.00000112. The molecule has 0 radical (unpaired) electrons. The van der Waals surface area contributed by atoms with E-state index in [4.69, 9.17) is 5.11 Å². The standard InChI is InChI=1S/C9H15FN2O2.ClH/c10-8-5-12(9(13)14)4-6(8)3-11-7-1-2-7;/h6-8,11H,1-5H2,(H,13,14);1H/t6-,8+;/m0./s1. The summed E-state index contributed by atoms with van der Waals surface area (Å²) in [6.07, 6.45) is 0.331. The average Bonchev–Trinajstić information content (AvgIpc) is 2.87. The fourth-order valence-corrected chi connectivity index (χ4v) is 1.79. The van der Waals surface area contributed by atoms with Crippen LogP contribution in [0.1, 0.15) is 12.8 Å². The smallest absolute Gasteiger partial charge is 0.407 e. The molecule has 0 unspecified atom stereocenters. The summed E-state index contributed by atoms with van der Waals surface area (Å²) < 4.78 is 13.3. The molecule has 0 spiro atoms. The molecule has 0 aromatic heterocycles. The first kappa shape index (κ1) is 12.5. The van der Waals surface area contributed by atoms with Crippen molar-refractivity contribution in [2.45, 2.75) is 25.1 Å². The first-order valence-corrected chi connectivity index (χ1v) is 5.02. The van der Waals surface area contributed by atoms with Crippen molar-refractivity contribution in [3.8, 4) is 0 Å². The number of carbonyl (C=O) groups is 1. The third kappa shape index (κ3) is 3.21. The molecule has 1 aliphatic heterocycles. The van der Waals surface area contributed by atoms with Gasteiger partial charge in [0.25, 0.3) is 0 Å². The van der Waals surface area contributed by atoms with Gasteiger partial charge in [-0.25, -0.2) is 9.18 Å². The van der Waals surface area contributed by atoms with E-state index in [0.29, 0.717) is 19.1 Å². The van der Waals surface area contributed by atoms with E-state index in [1.165, 1.54) is 12.8 Å². The number of amides is 1. The molecule has 2 rings (SSSR count). The fourth-order valence-electron chi connectivity index (χ4n) is 1.79. The van der Waals surface area contributed by atoms with E-state index in [1.54, 1.807) is 0 Å². The van der Waals surface area contributed by atoms with Crippen LogP contribution in [0.4, 0.5) is 9.18 Å². The topological polar surface area (TPSA) is 52.6 Å². The zero-order chi connectivity index (χ0) is 10.1. The maximum Gasteiger partial charge on any atom is 0.407 e. The molecule has 2 N–H and O–H groups in total. The second-order valence-electron chi connectivity index (χ2n) is 4.15. The predicted octanol–water partition coefficient (Wildman–Crippen LogP) is 1.11. The van der Waals surface area contributed by atoms with E-state index < -0.39 is 12.3 Å². The molecule has 1 heterocycles. The van der Waals surface area contributed by atoms with Crippen LogP contribution in [0.25, 0.3) is 0 Å². The molecule has 2 atom stereocenters. The van der Waals surface area contributed by atoms with Crippen LogP contribution in [-0.4, -0.2) is 47.9 Å². The van der Waals surface area contributed by atoms with Gasteiger partial charge < -0.3 is 15.3 Å². The van der Waals surface area contributed by atoms with Gasteiger partial charge in [-0.05, 0) is 12.8 Å². The van der Waals surface area contributed by atoms with Crippen LogP contribution >= 0.6 is 12.4 Å². The number of carboxylic acid groups (broad SMARTS) is 1. The molecule has 0 aromatic carbocycles. The minimum absolute atomic E-state index is 0. The lowest BCUT2D eigenvalue weighted by molar-refractivity contribution is 0.152. The first-order valence-electron chi connectivity index (χ1n) is 5.02. The molecule has 1 saturated heterocycles. The summed E-state index contributed by atoms with van der Waals surface area (Å²) in [7, 11) is 0. The van der Waals surface area contributed by atoms with E-state index in [0.717, 1.165) is 4.90 Å². The summed E-state index contributed by atoms with van der Waals surface area (Å²) in [5.74, 6) is -0.160. The van der Waals surface area contributed by atoms with Gasteiger partial charge in [0.15, 0.2) is 0 Å². The minimum atomic E-state index is -1.01. The van der Waals surface area contributed by atoms with Crippen molar-refractivity contribution in [3.63, 3.8) is 0 Å². The number of hydrogen-bond donors (Lipinski definition) is 2. The summed E-state index contributed by atoms with van der Waals surface area (Å²) in [6, 6.07) is 0.557. The number of nitrogens with zero attached hydrogens (tertiary/aromatic N) is 1. The lowest BCUT2D eigenvalue weighted by Gasteiger charge is -2.12. The van der Waals surface area contributed by atoms with Crippen molar-refractivity contribution in [2.24, 2.45) is 5.92 Å². The number of rotatable bonds is 3. The number of hydrogen-bond acceptors (Lipinski definition) is 2. The van der Waals surface area contributed by atoms with E-state index in [1.807, 2.05) is 0 Å². The SMILES string of the molecule is Cl.O=C(O)N1C[C@H](CNC2CC2)[C@H](F)C1. The Morgan fingerprint density at radius 1 is 1.47 bits per heavy atom. The Morgan fingerprint density at radius 2 is 2.13 bits per heavy atom. The van der Waals surface area contributed by atoms with Crippen LogP contribution in [0.15, 0.2) is 0 Å². The molecule has 4 nitrogen and oxygen atoms in total. The van der Waals surface area contributed by atoms with Gasteiger partial charge in [0.05, 0.1) is 6.54 Å². The Bertz CT molecular complexity index is 238. The van der Waals surface area contributed by atoms with Crippen LogP contribution < -0.4 is 5.32 Å². The molecule has 0 bridgehead atoms. The molecular weight excluding hydrogens is 223 g/mol. The van der Waals surface area contributed by atoms with Crippen molar-refractivity contribution >= 4 is 18.5 Å². The second-order valence-corrected chi connectivity index (χ2v) is 4.15. The predicted molar refractivity (Wildman–Crippen MR) is 56.3 cm³/mol. The number of nitrogens with one attached hydrogen (secondary N) is 1. The van der Waals surface area contributed by atoms with Gasteiger partial charge in [0.2, 0.25) is 0 Å². The summed E-state index contributed by atoms with van der Waals surface area (Å²) in [5, 5.41) is 11.9. The molecule has 0 aromatic rings. The van der Waals surface area contributed by atoms with E-state index in [9.17, 15) is 9.18 Å². The summed E-state index contributed by atoms with van der Waals surface area (Å²) in [4.78, 5) is 11.7. The van der Waals surface area contributed by atoms with Crippen LogP contribution in [0, 0.1) is 5.92 Å². The Morgan fingerprint density at radius 3 is 2.60 bits per heavy atom. The van der Waals surface area contributed by atoms with Crippen molar-refractivity contribution in [3.05, 3.63) is 0 Å². The lowest BCUT2D eigenvalue weighted by Crippen LogP contribution is -2.31. The van der Waals surface area contributed by atoms with Crippen molar-refractivity contribution < 1.29 is 14.3 Å². The van der Waals surface area contributed by atoms with E-state index in [2.05, 4.69) is 5.32 Å². The zero-order valence-corrected chi connectivity index (χ0v) is 9.17. The second kappa shape index (κ2) is 4.99. The monoisotopic (exact) mass is 238 g/mol. The number of likely N-dealkylation sites (tertiary alicyclic amines) is 1. The van der Waals surface area contributed by atoms with Crippen LogP contribution in [-0.2, 0) is 0 Å². The van der Waals surface area contributed by atoms with Gasteiger partial charge in [-0.3, -0.25) is 0 Å². The highest BCUT2D eigenvalue weighted by molar-refractivity contribution is 5.85. The highest BCUT2D eigenvalue weighted by Crippen LogP contribution is 2.23. The number of alkyl halides is 1. The Kier molecular flexibility index (Phi) is 4.16. The number of halogens is 2. The van der Waals surface area contributed by atoms with Crippen LogP contribution in [0.3, 0.4) is 0 Å². The van der Waals surface area contributed by atoms with Crippen molar-refractivity contribution in [1.29, 1.82) is 0 Å². The maximum atomic E-state index is 13.3. The van der Waals surface area contributed by atoms with Gasteiger partial charge in [-0.1, -0.05) is 0 Å². The van der Waals surface area contributed by atoms with Gasteiger partial charge in [-0.2, -0.15) is 0 Å². The summed E-state index contributed by atoms with van der Waals surface area (Å²) >= 11 is 0. The largest absolute Gasteiger partial charge is 0.465 e. The molecule has 6 heteroatoms. The average molecular weight is 239 g/mol. The summed E-state index contributed by atoms with van der Waals surface area (Å²) in [6.45, 7) is 0.970. The third-order valence-electron chi connectivity index (χ3n) is 2.88. The molecule has 15 heavy (non-hydrogen) atoms.